The van der Waals surface area contributed by atoms with Gasteiger partial charge in [-0.05, 0) is 26.0 Å². The van der Waals surface area contributed by atoms with E-state index in [0.29, 0.717) is 12.6 Å². The van der Waals surface area contributed by atoms with Crippen LogP contribution in [0.1, 0.15) is 44.1 Å². The quantitative estimate of drug-likeness (QED) is 0.851. The fraction of sp³-hybridized carbons (Fsp3) is 0.471. The van der Waals surface area contributed by atoms with Crippen LogP contribution in [0.3, 0.4) is 0 Å². The minimum atomic E-state index is 0.195. The van der Waals surface area contributed by atoms with Crippen LogP contribution in [0.15, 0.2) is 42.9 Å². The van der Waals surface area contributed by atoms with Crippen molar-refractivity contribution >= 4 is 0 Å². The Balaban J connectivity index is 2.23. The molecule has 1 unspecified atom stereocenters. The van der Waals surface area contributed by atoms with Crippen molar-refractivity contribution in [3.05, 3.63) is 54.1 Å². The molecule has 4 nitrogen and oxygen atoms in total. The van der Waals surface area contributed by atoms with Crippen LogP contribution in [0.25, 0.3) is 0 Å². The van der Waals surface area contributed by atoms with Gasteiger partial charge in [-0.15, -0.1) is 0 Å². The number of aromatic nitrogens is 2. The molecule has 0 fully saturated rings. The van der Waals surface area contributed by atoms with E-state index >= 15 is 0 Å². The molecule has 21 heavy (non-hydrogen) atoms. The van der Waals surface area contributed by atoms with Gasteiger partial charge >= 0.3 is 0 Å². The van der Waals surface area contributed by atoms with Gasteiger partial charge in [0.25, 0.3) is 0 Å². The lowest BCUT2D eigenvalue weighted by Gasteiger charge is -2.31. The van der Waals surface area contributed by atoms with Gasteiger partial charge in [-0.2, -0.15) is 0 Å². The molecule has 114 valence electrons. The van der Waals surface area contributed by atoms with E-state index in [4.69, 9.17) is 5.73 Å². The van der Waals surface area contributed by atoms with E-state index in [2.05, 4.69) is 59.5 Å². The molecule has 1 aromatic carbocycles. The van der Waals surface area contributed by atoms with Crippen LogP contribution in [0, 0.1) is 0 Å². The van der Waals surface area contributed by atoms with Crippen molar-refractivity contribution in [1.82, 2.24) is 14.5 Å². The van der Waals surface area contributed by atoms with Gasteiger partial charge in [0.05, 0.1) is 18.1 Å². The monoisotopic (exact) mass is 286 g/mol. The van der Waals surface area contributed by atoms with Gasteiger partial charge in [-0.1, -0.05) is 37.3 Å². The lowest BCUT2D eigenvalue weighted by molar-refractivity contribution is 0.194. The number of nitrogens with two attached hydrogens (primary N) is 1. The molecule has 0 aliphatic carbocycles. The highest BCUT2D eigenvalue weighted by atomic mass is 15.2. The number of hydrogen-bond acceptors (Lipinski definition) is 3. The molecule has 0 spiro atoms. The van der Waals surface area contributed by atoms with E-state index in [0.717, 1.165) is 13.1 Å². The summed E-state index contributed by atoms with van der Waals surface area (Å²) in [6.07, 6.45) is 3.85. The number of hydrogen-bond donors (Lipinski definition) is 1. The van der Waals surface area contributed by atoms with Crippen molar-refractivity contribution in [2.24, 2.45) is 5.73 Å². The van der Waals surface area contributed by atoms with Gasteiger partial charge in [0.1, 0.15) is 0 Å². The van der Waals surface area contributed by atoms with Crippen LogP contribution in [0.4, 0.5) is 0 Å². The van der Waals surface area contributed by atoms with Crippen molar-refractivity contribution < 1.29 is 0 Å². The molecule has 2 rings (SSSR count). The Hall–Kier alpha value is -1.65. The zero-order chi connectivity index (χ0) is 15.2. The van der Waals surface area contributed by atoms with Crippen molar-refractivity contribution in [1.29, 1.82) is 0 Å². The molecule has 0 amide bonds. The standard InChI is InChI=1S/C17H26N4/c1-4-20(12-15-8-6-5-7-9-15)16(10-18)17-11-19-13-21(17)14(2)3/h5-9,11,13-14,16H,4,10,12,18H2,1-3H3. The first kappa shape index (κ1) is 15.7. The van der Waals surface area contributed by atoms with Gasteiger partial charge in [-0.3, -0.25) is 4.90 Å². The van der Waals surface area contributed by atoms with Crippen LogP contribution < -0.4 is 5.73 Å². The number of likely N-dealkylation sites (N-methyl/N-ethyl adjacent to an activating group) is 1. The number of imidazole rings is 1. The Morgan fingerprint density at radius 1 is 1.24 bits per heavy atom. The maximum Gasteiger partial charge on any atom is 0.0951 e. The highest BCUT2D eigenvalue weighted by Gasteiger charge is 2.22. The summed E-state index contributed by atoms with van der Waals surface area (Å²) in [5.41, 5.74) is 8.59. The Labute approximate surface area is 127 Å². The van der Waals surface area contributed by atoms with Crippen molar-refractivity contribution in [3.63, 3.8) is 0 Å². The van der Waals surface area contributed by atoms with E-state index < -0.39 is 0 Å². The molecule has 2 aromatic rings. The smallest absolute Gasteiger partial charge is 0.0951 e. The van der Waals surface area contributed by atoms with Crippen LogP contribution in [0.5, 0.6) is 0 Å². The molecule has 0 bridgehead atoms. The van der Waals surface area contributed by atoms with Gasteiger partial charge in [0.15, 0.2) is 0 Å². The predicted molar refractivity (Wildman–Crippen MR) is 86.9 cm³/mol. The summed E-state index contributed by atoms with van der Waals surface area (Å²) in [6.45, 7) is 8.99. The molecular weight excluding hydrogens is 260 g/mol. The molecule has 0 radical (unpaired) electrons. The fourth-order valence-electron chi connectivity index (χ4n) is 2.72. The molecule has 1 atom stereocenters. The van der Waals surface area contributed by atoms with Crippen molar-refractivity contribution in [2.45, 2.75) is 39.4 Å². The van der Waals surface area contributed by atoms with Crippen molar-refractivity contribution in [3.8, 4) is 0 Å². The second-order valence-electron chi connectivity index (χ2n) is 5.62. The summed E-state index contributed by atoms with van der Waals surface area (Å²) in [7, 11) is 0. The first-order chi connectivity index (χ1) is 10.2. The Bertz CT molecular complexity index is 533. The predicted octanol–water partition coefficient (Wildman–Crippen LogP) is 2.99. The first-order valence-corrected chi connectivity index (χ1v) is 7.67. The van der Waals surface area contributed by atoms with E-state index in [1.165, 1.54) is 11.3 Å². The molecule has 1 heterocycles. The molecule has 4 heteroatoms. The fourth-order valence-corrected chi connectivity index (χ4v) is 2.72. The summed E-state index contributed by atoms with van der Waals surface area (Å²) in [4.78, 5) is 6.72. The van der Waals surface area contributed by atoms with E-state index in [1.807, 2.05) is 18.6 Å². The third-order valence-corrected chi connectivity index (χ3v) is 3.89. The van der Waals surface area contributed by atoms with Crippen LogP contribution in [-0.4, -0.2) is 27.5 Å². The summed E-state index contributed by atoms with van der Waals surface area (Å²) < 4.78 is 2.21. The average Bonchev–Trinajstić information content (AvgIpc) is 2.97. The molecule has 2 N–H and O–H groups in total. The van der Waals surface area contributed by atoms with Gasteiger partial charge < -0.3 is 10.3 Å². The van der Waals surface area contributed by atoms with Gasteiger partial charge in [0.2, 0.25) is 0 Å². The molecule has 0 aliphatic heterocycles. The van der Waals surface area contributed by atoms with Gasteiger partial charge in [0, 0.05) is 25.3 Å². The van der Waals surface area contributed by atoms with E-state index in [9.17, 15) is 0 Å². The van der Waals surface area contributed by atoms with Crippen LogP contribution >= 0.6 is 0 Å². The Morgan fingerprint density at radius 3 is 2.52 bits per heavy atom. The SMILES string of the molecule is CCN(Cc1ccccc1)C(CN)c1cncn1C(C)C. The maximum atomic E-state index is 6.08. The highest BCUT2D eigenvalue weighted by Crippen LogP contribution is 2.23. The summed E-state index contributed by atoms with van der Waals surface area (Å²) in [5.74, 6) is 0. The Morgan fingerprint density at radius 2 is 1.95 bits per heavy atom. The third kappa shape index (κ3) is 3.71. The third-order valence-electron chi connectivity index (χ3n) is 3.89. The zero-order valence-electron chi connectivity index (χ0n) is 13.2. The second-order valence-corrected chi connectivity index (χ2v) is 5.62. The second kappa shape index (κ2) is 7.38. The van der Waals surface area contributed by atoms with Crippen molar-refractivity contribution in [2.75, 3.05) is 13.1 Å². The minimum Gasteiger partial charge on any atom is -0.331 e. The van der Waals surface area contributed by atoms with Gasteiger partial charge in [-0.25, -0.2) is 4.98 Å². The molecule has 0 aliphatic rings. The minimum absolute atomic E-state index is 0.195. The lowest BCUT2D eigenvalue weighted by atomic mass is 10.1. The highest BCUT2D eigenvalue weighted by molar-refractivity contribution is 5.16. The van der Waals surface area contributed by atoms with E-state index in [1.54, 1.807) is 0 Å². The number of benzene rings is 1. The first-order valence-electron chi connectivity index (χ1n) is 7.67. The topological polar surface area (TPSA) is 47.1 Å². The summed E-state index contributed by atoms with van der Waals surface area (Å²) in [6, 6.07) is 11.1. The average molecular weight is 286 g/mol. The molecule has 0 saturated heterocycles. The van der Waals surface area contributed by atoms with E-state index in [-0.39, 0.29) is 6.04 Å². The molecule has 1 aromatic heterocycles. The van der Waals surface area contributed by atoms with Crippen LogP contribution in [0.2, 0.25) is 0 Å². The number of nitrogens with zero attached hydrogens (tertiary/aromatic N) is 3. The zero-order valence-corrected chi connectivity index (χ0v) is 13.2. The number of rotatable bonds is 7. The normalized spacial score (nSPS) is 13.0. The maximum absolute atomic E-state index is 6.08. The summed E-state index contributed by atoms with van der Waals surface area (Å²) in [5, 5.41) is 0. The van der Waals surface area contributed by atoms with Crippen LogP contribution in [-0.2, 0) is 6.54 Å². The molecular formula is C17H26N4. The molecule has 0 saturated carbocycles. The summed E-state index contributed by atoms with van der Waals surface area (Å²) >= 11 is 0. The lowest BCUT2D eigenvalue weighted by Crippen LogP contribution is -2.34. The largest absolute Gasteiger partial charge is 0.331 e. The Kier molecular flexibility index (Phi) is 5.53.